The van der Waals surface area contributed by atoms with Gasteiger partial charge in [-0.05, 0) is 36.4 Å². The summed E-state index contributed by atoms with van der Waals surface area (Å²) in [6.45, 7) is 0. The summed E-state index contributed by atoms with van der Waals surface area (Å²) in [5.74, 6) is 0.724. The number of benzene rings is 2. The minimum absolute atomic E-state index is 0.362. The first-order valence-electron chi connectivity index (χ1n) is 7.17. The summed E-state index contributed by atoms with van der Waals surface area (Å²) in [5.41, 5.74) is 1.95. The first kappa shape index (κ1) is 15.9. The molecule has 0 aliphatic heterocycles. The number of urea groups is 1. The minimum Gasteiger partial charge on any atom is -0.497 e. The van der Waals surface area contributed by atoms with Crippen molar-refractivity contribution in [2.24, 2.45) is 0 Å². The SMILES string of the molecule is COc1ccc(NC(=O)Nc2cnn(-c3ccccc3Cl)c2)cc1. The van der Waals surface area contributed by atoms with E-state index in [9.17, 15) is 4.79 Å². The number of halogens is 1. The van der Waals surface area contributed by atoms with E-state index in [4.69, 9.17) is 16.3 Å². The molecule has 3 rings (SSSR count). The van der Waals surface area contributed by atoms with E-state index in [1.54, 1.807) is 54.5 Å². The van der Waals surface area contributed by atoms with Crippen LogP contribution in [0.15, 0.2) is 60.9 Å². The molecular formula is C17H15ClN4O2. The Kier molecular flexibility index (Phi) is 4.67. The van der Waals surface area contributed by atoms with Crippen LogP contribution in [-0.4, -0.2) is 22.9 Å². The van der Waals surface area contributed by atoms with Crippen LogP contribution in [0.1, 0.15) is 0 Å². The van der Waals surface area contributed by atoms with E-state index in [-0.39, 0.29) is 6.03 Å². The quantitative estimate of drug-likeness (QED) is 0.747. The second kappa shape index (κ2) is 7.06. The molecule has 2 amide bonds. The van der Waals surface area contributed by atoms with Crippen LogP contribution in [0.3, 0.4) is 0 Å². The molecule has 0 spiro atoms. The molecule has 2 aromatic carbocycles. The highest BCUT2D eigenvalue weighted by molar-refractivity contribution is 6.32. The average Bonchev–Trinajstić information content (AvgIpc) is 3.04. The maximum Gasteiger partial charge on any atom is 0.323 e. The van der Waals surface area contributed by atoms with Gasteiger partial charge in [0.15, 0.2) is 0 Å². The van der Waals surface area contributed by atoms with E-state index in [1.807, 2.05) is 18.2 Å². The van der Waals surface area contributed by atoms with Gasteiger partial charge < -0.3 is 15.4 Å². The van der Waals surface area contributed by atoms with Crippen LogP contribution >= 0.6 is 11.6 Å². The highest BCUT2D eigenvalue weighted by Gasteiger charge is 2.07. The van der Waals surface area contributed by atoms with Gasteiger partial charge in [-0.15, -0.1) is 0 Å². The lowest BCUT2D eigenvalue weighted by atomic mass is 10.3. The number of anilines is 2. The zero-order valence-electron chi connectivity index (χ0n) is 12.9. The van der Waals surface area contributed by atoms with Crippen LogP contribution in [0.2, 0.25) is 5.02 Å². The molecule has 24 heavy (non-hydrogen) atoms. The Balaban J connectivity index is 1.66. The average molecular weight is 343 g/mol. The molecule has 0 bridgehead atoms. The highest BCUT2D eigenvalue weighted by atomic mass is 35.5. The molecule has 0 atom stereocenters. The van der Waals surface area contributed by atoms with Crippen LogP contribution in [0.25, 0.3) is 5.69 Å². The second-order valence-electron chi connectivity index (χ2n) is 4.93. The molecule has 1 aromatic heterocycles. The molecule has 0 aliphatic carbocycles. The van der Waals surface area contributed by atoms with E-state index >= 15 is 0 Å². The second-order valence-corrected chi connectivity index (χ2v) is 5.34. The predicted octanol–water partition coefficient (Wildman–Crippen LogP) is 4.18. The van der Waals surface area contributed by atoms with Crippen molar-refractivity contribution in [3.8, 4) is 11.4 Å². The number of carbonyl (C=O) groups excluding carboxylic acids is 1. The zero-order chi connectivity index (χ0) is 16.9. The van der Waals surface area contributed by atoms with Gasteiger partial charge in [0, 0.05) is 5.69 Å². The van der Waals surface area contributed by atoms with Gasteiger partial charge in [-0.2, -0.15) is 5.10 Å². The zero-order valence-corrected chi connectivity index (χ0v) is 13.6. The summed E-state index contributed by atoms with van der Waals surface area (Å²) in [5, 5.41) is 10.2. The van der Waals surface area contributed by atoms with Crippen molar-refractivity contribution in [1.29, 1.82) is 0 Å². The van der Waals surface area contributed by atoms with E-state index < -0.39 is 0 Å². The number of carbonyl (C=O) groups is 1. The predicted molar refractivity (Wildman–Crippen MR) is 94.2 cm³/mol. The summed E-state index contributed by atoms with van der Waals surface area (Å²) in [6, 6.07) is 14.0. The molecule has 0 radical (unpaired) electrons. The van der Waals surface area contributed by atoms with Crippen LogP contribution in [0, 0.1) is 0 Å². The molecule has 0 unspecified atom stereocenters. The van der Waals surface area contributed by atoms with Crippen LogP contribution < -0.4 is 15.4 Å². The van der Waals surface area contributed by atoms with Gasteiger partial charge in [0.25, 0.3) is 0 Å². The third kappa shape index (κ3) is 3.67. The van der Waals surface area contributed by atoms with Gasteiger partial charge in [0.1, 0.15) is 5.75 Å². The van der Waals surface area contributed by atoms with Gasteiger partial charge in [-0.25, -0.2) is 9.48 Å². The number of nitrogens with zero attached hydrogens (tertiary/aromatic N) is 2. The van der Waals surface area contributed by atoms with Crippen molar-refractivity contribution < 1.29 is 9.53 Å². The highest BCUT2D eigenvalue weighted by Crippen LogP contribution is 2.20. The third-order valence-electron chi connectivity index (χ3n) is 3.29. The van der Waals surface area contributed by atoms with Gasteiger partial charge in [-0.1, -0.05) is 23.7 Å². The lowest BCUT2D eigenvalue weighted by Crippen LogP contribution is -2.19. The lowest BCUT2D eigenvalue weighted by molar-refractivity contribution is 0.262. The maximum atomic E-state index is 12.0. The first-order valence-corrected chi connectivity index (χ1v) is 7.55. The Bertz CT molecular complexity index is 846. The Morgan fingerprint density at radius 3 is 2.50 bits per heavy atom. The lowest BCUT2D eigenvalue weighted by Gasteiger charge is -2.07. The third-order valence-corrected chi connectivity index (χ3v) is 3.61. The minimum atomic E-state index is -0.362. The summed E-state index contributed by atoms with van der Waals surface area (Å²) in [6.07, 6.45) is 3.24. The molecule has 0 saturated heterocycles. The molecule has 6 nitrogen and oxygen atoms in total. The largest absolute Gasteiger partial charge is 0.497 e. The molecule has 2 N–H and O–H groups in total. The normalized spacial score (nSPS) is 10.2. The standard InChI is InChI=1S/C17H15ClN4O2/c1-24-14-8-6-12(7-9-14)20-17(23)21-13-10-19-22(11-13)16-5-3-2-4-15(16)18/h2-11H,1H3,(H2,20,21,23). The topological polar surface area (TPSA) is 68.2 Å². The van der Waals surface area contributed by atoms with Crippen molar-refractivity contribution in [3.63, 3.8) is 0 Å². The van der Waals surface area contributed by atoms with E-state index in [2.05, 4.69) is 15.7 Å². The molecule has 0 fully saturated rings. The molecule has 7 heteroatoms. The number of ether oxygens (including phenoxy) is 1. The van der Waals surface area contributed by atoms with Crippen LogP contribution in [0.5, 0.6) is 5.75 Å². The number of amides is 2. The summed E-state index contributed by atoms with van der Waals surface area (Å²) >= 11 is 6.14. The fraction of sp³-hybridized carbons (Fsp3) is 0.0588. The Morgan fingerprint density at radius 2 is 1.79 bits per heavy atom. The number of nitrogens with one attached hydrogen (secondary N) is 2. The molecule has 0 aliphatic rings. The van der Waals surface area contributed by atoms with Crippen molar-refractivity contribution in [1.82, 2.24) is 9.78 Å². The number of para-hydroxylation sites is 1. The number of rotatable bonds is 4. The fourth-order valence-electron chi connectivity index (χ4n) is 2.12. The monoisotopic (exact) mass is 342 g/mol. The molecule has 0 saturated carbocycles. The van der Waals surface area contributed by atoms with Gasteiger partial charge >= 0.3 is 6.03 Å². The smallest absolute Gasteiger partial charge is 0.323 e. The first-order chi connectivity index (χ1) is 11.7. The Morgan fingerprint density at radius 1 is 1.08 bits per heavy atom. The van der Waals surface area contributed by atoms with Crippen LogP contribution in [-0.2, 0) is 0 Å². The Hall–Kier alpha value is -2.99. The van der Waals surface area contributed by atoms with E-state index in [1.165, 1.54) is 0 Å². The summed E-state index contributed by atoms with van der Waals surface area (Å²) in [7, 11) is 1.59. The van der Waals surface area contributed by atoms with Crippen molar-refractivity contribution in [2.45, 2.75) is 0 Å². The van der Waals surface area contributed by atoms with E-state index in [0.717, 1.165) is 11.4 Å². The van der Waals surface area contributed by atoms with Crippen LogP contribution in [0.4, 0.5) is 16.2 Å². The van der Waals surface area contributed by atoms with Gasteiger partial charge in [-0.3, -0.25) is 0 Å². The molecule has 122 valence electrons. The Labute approximate surface area is 144 Å². The maximum absolute atomic E-state index is 12.0. The fourth-order valence-corrected chi connectivity index (χ4v) is 2.35. The van der Waals surface area contributed by atoms with Crippen molar-refractivity contribution >= 4 is 29.0 Å². The molecule has 3 aromatic rings. The molecule has 1 heterocycles. The summed E-state index contributed by atoms with van der Waals surface area (Å²) < 4.78 is 6.68. The van der Waals surface area contributed by atoms with Gasteiger partial charge in [0.05, 0.1) is 35.9 Å². The number of aromatic nitrogens is 2. The van der Waals surface area contributed by atoms with E-state index in [0.29, 0.717) is 16.4 Å². The van der Waals surface area contributed by atoms with Crippen molar-refractivity contribution in [3.05, 3.63) is 65.9 Å². The van der Waals surface area contributed by atoms with Crippen molar-refractivity contribution in [2.75, 3.05) is 17.7 Å². The number of methoxy groups -OCH3 is 1. The summed E-state index contributed by atoms with van der Waals surface area (Å²) in [4.78, 5) is 12.0. The number of hydrogen-bond donors (Lipinski definition) is 2. The van der Waals surface area contributed by atoms with Gasteiger partial charge in [0.2, 0.25) is 0 Å². The molecular weight excluding hydrogens is 328 g/mol. The number of hydrogen-bond acceptors (Lipinski definition) is 3.